The zero-order valence-electron chi connectivity index (χ0n) is 10.9. The summed E-state index contributed by atoms with van der Waals surface area (Å²) in [5.74, 6) is 6.08. The molecule has 20 heavy (non-hydrogen) atoms. The van der Waals surface area contributed by atoms with Crippen molar-refractivity contribution in [1.82, 2.24) is 5.43 Å². The molecule has 0 saturated carbocycles. The van der Waals surface area contributed by atoms with Gasteiger partial charge in [-0.1, -0.05) is 29.8 Å². The second-order valence-corrected chi connectivity index (χ2v) is 5.93. The van der Waals surface area contributed by atoms with Crippen LogP contribution < -0.4 is 11.3 Å². The average molecular weight is 311 g/mol. The predicted octanol–water partition coefficient (Wildman–Crippen LogP) is 3.65. The van der Waals surface area contributed by atoms with Crippen molar-refractivity contribution in [2.75, 3.05) is 5.75 Å². The van der Waals surface area contributed by atoms with Crippen molar-refractivity contribution in [1.29, 1.82) is 0 Å². The highest BCUT2D eigenvalue weighted by Crippen LogP contribution is 2.22. The van der Waals surface area contributed by atoms with Crippen LogP contribution in [0.5, 0.6) is 0 Å². The van der Waals surface area contributed by atoms with Crippen LogP contribution in [-0.2, 0) is 6.42 Å². The normalized spacial score (nSPS) is 12.3. The van der Waals surface area contributed by atoms with Gasteiger partial charge in [0.2, 0.25) is 0 Å². The number of rotatable bonds is 6. The van der Waals surface area contributed by atoms with Crippen molar-refractivity contribution in [3.05, 3.63) is 64.9 Å². The minimum absolute atomic E-state index is 0.0273. The lowest BCUT2D eigenvalue weighted by Crippen LogP contribution is -2.38. The summed E-state index contributed by atoms with van der Waals surface area (Å²) < 4.78 is 13.2. The molecule has 2 aromatic carbocycles. The van der Waals surface area contributed by atoms with Gasteiger partial charge in [0.1, 0.15) is 5.82 Å². The first-order chi connectivity index (χ1) is 9.69. The standard InChI is InChI=1S/C15H16ClFN2S/c16-15-7-6-12(17)8-11(15)9-13(19-18)10-20-14-4-2-1-3-5-14/h1-8,13,19H,9-10,18H2. The van der Waals surface area contributed by atoms with Gasteiger partial charge in [-0.15, -0.1) is 11.8 Å². The third kappa shape index (κ3) is 4.49. The van der Waals surface area contributed by atoms with Crippen LogP contribution in [0.4, 0.5) is 4.39 Å². The monoisotopic (exact) mass is 310 g/mol. The molecule has 2 nitrogen and oxygen atoms in total. The largest absolute Gasteiger partial charge is 0.271 e. The van der Waals surface area contributed by atoms with E-state index in [0.29, 0.717) is 11.4 Å². The first-order valence-electron chi connectivity index (χ1n) is 6.27. The Balaban J connectivity index is 1.97. The lowest BCUT2D eigenvalue weighted by molar-refractivity contribution is 0.570. The third-order valence-electron chi connectivity index (χ3n) is 2.90. The SMILES string of the molecule is NNC(CSc1ccccc1)Cc1cc(F)ccc1Cl. The number of nitrogens with two attached hydrogens (primary N) is 1. The molecule has 1 atom stereocenters. The summed E-state index contributed by atoms with van der Waals surface area (Å²) in [5, 5.41) is 0.566. The quantitative estimate of drug-likeness (QED) is 0.486. The second kappa shape index (κ2) is 7.64. The highest BCUT2D eigenvalue weighted by Gasteiger charge is 2.11. The molecular weight excluding hydrogens is 295 g/mol. The molecule has 0 aromatic heterocycles. The van der Waals surface area contributed by atoms with E-state index in [0.717, 1.165) is 11.3 Å². The number of hydrazine groups is 1. The minimum Gasteiger partial charge on any atom is -0.271 e. The molecule has 0 aliphatic heterocycles. The van der Waals surface area contributed by atoms with E-state index in [1.165, 1.54) is 17.0 Å². The summed E-state index contributed by atoms with van der Waals surface area (Å²) in [4.78, 5) is 1.18. The Hall–Kier alpha value is -1.07. The summed E-state index contributed by atoms with van der Waals surface area (Å²) in [5.41, 5.74) is 3.53. The molecule has 0 amide bonds. The zero-order valence-corrected chi connectivity index (χ0v) is 12.4. The number of benzene rings is 2. The fourth-order valence-corrected chi connectivity index (χ4v) is 3.00. The number of hydrogen-bond donors (Lipinski definition) is 2. The van der Waals surface area contributed by atoms with Gasteiger partial charge < -0.3 is 0 Å². The fourth-order valence-electron chi connectivity index (χ4n) is 1.84. The van der Waals surface area contributed by atoms with Crippen LogP contribution in [0.15, 0.2) is 53.4 Å². The van der Waals surface area contributed by atoms with Gasteiger partial charge in [-0.2, -0.15) is 0 Å². The van der Waals surface area contributed by atoms with Crippen molar-refractivity contribution >= 4 is 23.4 Å². The van der Waals surface area contributed by atoms with Crippen molar-refractivity contribution < 1.29 is 4.39 Å². The highest BCUT2D eigenvalue weighted by atomic mass is 35.5. The van der Waals surface area contributed by atoms with Gasteiger partial charge in [-0.05, 0) is 42.3 Å². The van der Waals surface area contributed by atoms with Crippen LogP contribution in [-0.4, -0.2) is 11.8 Å². The van der Waals surface area contributed by atoms with Crippen LogP contribution >= 0.6 is 23.4 Å². The zero-order chi connectivity index (χ0) is 14.4. The van der Waals surface area contributed by atoms with Gasteiger partial charge in [0, 0.05) is 21.7 Å². The summed E-state index contributed by atoms with van der Waals surface area (Å²) >= 11 is 7.78. The molecule has 0 saturated heterocycles. The van der Waals surface area contributed by atoms with E-state index in [-0.39, 0.29) is 11.9 Å². The molecule has 0 bridgehead atoms. The molecular formula is C15H16ClFN2S. The maximum absolute atomic E-state index is 13.2. The molecule has 0 fully saturated rings. The molecule has 0 radical (unpaired) electrons. The Morgan fingerprint density at radius 3 is 2.65 bits per heavy atom. The minimum atomic E-state index is -0.282. The molecule has 3 N–H and O–H groups in total. The number of nitrogens with one attached hydrogen (secondary N) is 1. The smallest absolute Gasteiger partial charge is 0.123 e. The van der Waals surface area contributed by atoms with Crippen LogP contribution in [0.3, 0.4) is 0 Å². The number of hydrogen-bond acceptors (Lipinski definition) is 3. The van der Waals surface area contributed by atoms with Crippen molar-refractivity contribution in [2.45, 2.75) is 17.4 Å². The molecule has 1 unspecified atom stereocenters. The van der Waals surface area contributed by atoms with Crippen LogP contribution in [0, 0.1) is 5.82 Å². The predicted molar refractivity (Wildman–Crippen MR) is 83.4 cm³/mol. The lowest BCUT2D eigenvalue weighted by atomic mass is 10.1. The molecule has 0 heterocycles. The molecule has 2 aromatic rings. The van der Waals surface area contributed by atoms with Gasteiger partial charge in [-0.25, -0.2) is 4.39 Å². The molecule has 0 aliphatic carbocycles. The average Bonchev–Trinajstić information content (AvgIpc) is 2.48. The van der Waals surface area contributed by atoms with E-state index in [4.69, 9.17) is 17.4 Å². The number of thioether (sulfide) groups is 1. The Labute approximate surface area is 127 Å². The van der Waals surface area contributed by atoms with Crippen molar-refractivity contribution in [3.63, 3.8) is 0 Å². The van der Waals surface area contributed by atoms with Crippen LogP contribution in [0.2, 0.25) is 5.02 Å². The van der Waals surface area contributed by atoms with Gasteiger partial charge >= 0.3 is 0 Å². The maximum Gasteiger partial charge on any atom is 0.123 e. The van der Waals surface area contributed by atoms with E-state index >= 15 is 0 Å². The van der Waals surface area contributed by atoms with E-state index in [2.05, 4.69) is 5.43 Å². The van der Waals surface area contributed by atoms with Gasteiger partial charge in [-0.3, -0.25) is 11.3 Å². The molecule has 0 spiro atoms. The van der Waals surface area contributed by atoms with Crippen LogP contribution in [0.25, 0.3) is 0 Å². The van der Waals surface area contributed by atoms with E-state index in [9.17, 15) is 4.39 Å². The first-order valence-corrected chi connectivity index (χ1v) is 7.63. The first kappa shape index (κ1) is 15.3. The fraction of sp³-hybridized carbons (Fsp3) is 0.200. The lowest BCUT2D eigenvalue weighted by Gasteiger charge is -2.16. The van der Waals surface area contributed by atoms with Crippen molar-refractivity contribution in [3.8, 4) is 0 Å². The maximum atomic E-state index is 13.2. The Kier molecular flexibility index (Phi) is 5.86. The van der Waals surface area contributed by atoms with Gasteiger partial charge in [0.15, 0.2) is 0 Å². The molecule has 106 valence electrons. The molecule has 2 rings (SSSR count). The molecule has 5 heteroatoms. The Morgan fingerprint density at radius 2 is 1.95 bits per heavy atom. The summed E-state index contributed by atoms with van der Waals surface area (Å²) in [6, 6.07) is 14.5. The van der Waals surface area contributed by atoms with Gasteiger partial charge in [0.25, 0.3) is 0 Å². The van der Waals surface area contributed by atoms with E-state index in [1.54, 1.807) is 17.8 Å². The summed E-state index contributed by atoms with van der Waals surface area (Å²) in [6.07, 6.45) is 0.590. The Morgan fingerprint density at radius 1 is 1.20 bits per heavy atom. The van der Waals surface area contributed by atoms with Gasteiger partial charge in [0.05, 0.1) is 0 Å². The van der Waals surface area contributed by atoms with E-state index < -0.39 is 0 Å². The highest BCUT2D eigenvalue weighted by molar-refractivity contribution is 7.99. The van der Waals surface area contributed by atoms with Crippen molar-refractivity contribution in [2.24, 2.45) is 5.84 Å². The topological polar surface area (TPSA) is 38.0 Å². The summed E-state index contributed by atoms with van der Waals surface area (Å²) in [6.45, 7) is 0. The molecule has 0 aliphatic rings. The van der Waals surface area contributed by atoms with E-state index in [1.807, 2.05) is 30.3 Å². The third-order valence-corrected chi connectivity index (χ3v) is 4.45. The second-order valence-electron chi connectivity index (χ2n) is 4.43. The number of halogens is 2. The summed E-state index contributed by atoms with van der Waals surface area (Å²) in [7, 11) is 0. The Bertz CT molecular complexity index is 551. The van der Waals surface area contributed by atoms with Crippen LogP contribution in [0.1, 0.15) is 5.56 Å².